The summed E-state index contributed by atoms with van der Waals surface area (Å²) >= 11 is 1.22. The van der Waals surface area contributed by atoms with E-state index in [9.17, 15) is 22.8 Å². The van der Waals surface area contributed by atoms with Crippen molar-refractivity contribution in [2.45, 2.75) is 65.0 Å². The van der Waals surface area contributed by atoms with Crippen LogP contribution in [0, 0.1) is 6.92 Å². The zero-order valence-corrected chi connectivity index (χ0v) is 21.7. The maximum absolute atomic E-state index is 13.6. The third kappa shape index (κ3) is 7.89. The number of ketones is 1. The number of ether oxygens (including phenoxy) is 1. The fraction of sp³-hybridized carbons (Fsp3) is 0.393. The number of alkyl halides is 3. The Hall–Kier alpha value is -3.20. The van der Waals surface area contributed by atoms with Crippen molar-refractivity contribution in [3.05, 3.63) is 69.7 Å². The van der Waals surface area contributed by atoms with E-state index in [1.807, 2.05) is 0 Å². The predicted molar refractivity (Wildman–Crippen MR) is 137 cm³/mol. The third-order valence-electron chi connectivity index (χ3n) is 5.94. The minimum Gasteiger partial charge on any atom is -0.482 e. The molecule has 0 aliphatic heterocycles. The first-order valence-electron chi connectivity index (χ1n) is 12.2. The van der Waals surface area contributed by atoms with E-state index >= 15 is 0 Å². The molecule has 3 aromatic rings. The van der Waals surface area contributed by atoms with Gasteiger partial charge in [0.25, 0.3) is 0 Å². The van der Waals surface area contributed by atoms with Crippen molar-refractivity contribution in [2.24, 2.45) is 0 Å². The van der Waals surface area contributed by atoms with Crippen molar-refractivity contribution in [1.82, 2.24) is 4.98 Å². The number of hydrogen-bond acceptors (Lipinski definition) is 5. The number of aliphatic carboxylic acids is 1. The molecule has 0 radical (unpaired) electrons. The number of carbonyl (C=O) groups is 2. The topological polar surface area (TPSA) is 76.5 Å². The van der Waals surface area contributed by atoms with Gasteiger partial charge >= 0.3 is 12.1 Å². The second-order valence-corrected chi connectivity index (χ2v) is 9.91. The van der Waals surface area contributed by atoms with Crippen LogP contribution in [-0.4, -0.2) is 28.4 Å². The Morgan fingerprint density at radius 2 is 1.81 bits per heavy atom. The van der Waals surface area contributed by atoms with E-state index in [-0.39, 0.29) is 17.8 Å². The number of carboxylic acid groups (broad SMARTS) is 1. The predicted octanol–water partition coefficient (Wildman–Crippen LogP) is 7.54. The van der Waals surface area contributed by atoms with Crippen LogP contribution in [0.15, 0.2) is 42.5 Å². The molecular weight excluding hydrogens is 503 g/mol. The Morgan fingerprint density at radius 3 is 2.49 bits per heavy atom. The lowest BCUT2D eigenvalue weighted by atomic mass is 10.0. The Labute approximate surface area is 218 Å². The molecule has 0 unspecified atom stereocenters. The van der Waals surface area contributed by atoms with Crippen molar-refractivity contribution in [1.29, 1.82) is 0 Å². The lowest BCUT2D eigenvalue weighted by Gasteiger charge is -2.10. The van der Waals surface area contributed by atoms with Gasteiger partial charge in [0.15, 0.2) is 12.4 Å². The molecular formula is C28H30F3NO4S. The molecule has 0 fully saturated rings. The lowest BCUT2D eigenvalue weighted by molar-refractivity contribution is -0.139. The van der Waals surface area contributed by atoms with Gasteiger partial charge in [-0.1, -0.05) is 44.4 Å². The minimum absolute atomic E-state index is 0.0555. The first-order chi connectivity index (χ1) is 17.6. The summed E-state index contributed by atoms with van der Waals surface area (Å²) in [6, 6.07) is 10.3. The molecule has 1 N–H and O–H groups in total. The van der Waals surface area contributed by atoms with Gasteiger partial charge in [-0.05, 0) is 56.0 Å². The number of halogens is 3. The van der Waals surface area contributed by atoms with Crippen LogP contribution < -0.4 is 4.74 Å². The molecule has 3 rings (SSSR count). The van der Waals surface area contributed by atoms with Gasteiger partial charge in [0.2, 0.25) is 0 Å². The summed E-state index contributed by atoms with van der Waals surface area (Å²) < 4.78 is 46.1. The van der Waals surface area contributed by atoms with Crippen molar-refractivity contribution in [3.8, 4) is 16.3 Å². The second kappa shape index (κ2) is 12.9. The Balaban J connectivity index is 1.80. The van der Waals surface area contributed by atoms with Gasteiger partial charge in [-0.25, -0.2) is 9.78 Å². The molecule has 0 atom stereocenters. The van der Waals surface area contributed by atoms with Crippen molar-refractivity contribution < 1.29 is 32.6 Å². The molecule has 0 saturated carbocycles. The number of Topliss-reactive ketones (excluding diaryl/α,β-unsaturated/α-hetero) is 1. The summed E-state index contributed by atoms with van der Waals surface area (Å²) in [7, 11) is 0. The van der Waals surface area contributed by atoms with E-state index in [2.05, 4.69) is 11.9 Å². The quantitative estimate of drug-likeness (QED) is 0.181. The van der Waals surface area contributed by atoms with Crippen LogP contribution in [0.4, 0.5) is 13.2 Å². The monoisotopic (exact) mass is 533 g/mol. The van der Waals surface area contributed by atoms with Crippen molar-refractivity contribution in [3.63, 3.8) is 0 Å². The average Bonchev–Trinajstić information content (AvgIpc) is 3.26. The standard InChI is InChI=1S/C28H30F3NO4S/c1-3-4-5-6-11-22-25(37-27(32-22)20-9-7-8-10-21(20)28(29,30)31)15-13-23(33)19-12-14-24(18(2)16-19)36-17-26(34)35/h7-10,12,14,16H,3-6,11,13,15,17H2,1-2H3,(H,34,35). The van der Waals surface area contributed by atoms with Crippen LogP contribution in [0.1, 0.15) is 71.1 Å². The van der Waals surface area contributed by atoms with Crippen LogP contribution in [0.3, 0.4) is 0 Å². The summed E-state index contributed by atoms with van der Waals surface area (Å²) in [6.45, 7) is 3.37. The maximum Gasteiger partial charge on any atom is 0.417 e. The SMILES string of the molecule is CCCCCCc1nc(-c2ccccc2C(F)(F)F)sc1CCC(=O)c1ccc(OCC(=O)O)c(C)c1. The van der Waals surface area contributed by atoms with E-state index in [0.29, 0.717) is 34.7 Å². The molecule has 0 saturated heterocycles. The van der Waals surface area contributed by atoms with Crippen LogP contribution in [0.5, 0.6) is 5.75 Å². The summed E-state index contributed by atoms with van der Waals surface area (Å²) in [4.78, 5) is 29.1. The first-order valence-corrected chi connectivity index (χ1v) is 13.1. The summed E-state index contributed by atoms with van der Waals surface area (Å²) in [5.74, 6) is -0.814. The number of thiazole rings is 1. The smallest absolute Gasteiger partial charge is 0.417 e. The minimum atomic E-state index is -4.49. The second-order valence-electron chi connectivity index (χ2n) is 8.83. The fourth-order valence-electron chi connectivity index (χ4n) is 4.02. The van der Waals surface area contributed by atoms with Gasteiger partial charge < -0.3 is 9.84 Å². The van der Waals surface area contributed by atoms with E-state index in [4.69, 9.17) is 9.84 Å². The van der Waals surface area contributed by atoms with Gasteiger partial charge in [0.1, 0.15) is 10.8 Å². The molecule has 37 heavy (non-hydrogen) atoms. The zero-order valence-electron chi connectivity index (χ0n) is 20.9. The molecule has 2 aromatic carbocycles. The molecule has 0 amide bonds. The summed E-state index contributed by atoms with van der Waals surface area (Å²) in [5.41, 5.74) is 1.21. The van der Waals surface area contributed by atoms with Crippen LogP contribution >= 0.6 is 11.3 Å². The summed E-state index contributed by atoms with van der Waals surface area (Å²) in [5, 5.41) is 9.10. The lowest BCUT2D eigenvalue weighted by Crippen LogP contribution is -2.10. The Morgan fingerprint density at radius 1 is 1.05 bits per heavy atom. The van der Waals surface area contributed by atoms with Gasteiger partial charge in [-0.2, -0.15) is 13.2 Å². The maximum atomic E-state index is 13.6. The number of aromatic nitrogens is 1. The van der Waals surface area contributed by atoms with Gasteiger partial charge in [-0.15, -0.1) is 11.3 Å². The normalized spacial score (nSPS) is 11.5. The van der Waals surface area contributed by atoms with E-state index < -0.39 is 24.3 Å². The molecule has 0 spiro atoms. The number of rotatable bonds is 13. The van der Waals surface area contributed by atoms with Crippen molar-refractivity contribution in [2.75, 3.05) is 6.61 Å². The molecule has 198 valence electrons. The molecule has 0 bridgehead atoms. The zero-order chi connectivity index (χ0) is 27.0. The Kier molecular flexibility index (Phi) is 9.86. The van der Waals surface area contributed by atoms with E-state index in [0.717, 1.165) is 42.3 Å². The van der Waals surface area contributed by atoms with Gasteiger partial charge in [-0.3, -0.25) is 4.79 Å². The van der Waals surface area contributed by atoms with Gasteiger partial charge in [0, 0.05) is 22.4 Å². The highest BCUT2D eigenvalue weighted by molar-refractivity contribution is 7.15. The van der Waals surface area contributed by atoms with Gasteiger partial charge in [0.05, 0.1) is 11.3 Å². The number of nitrogens with zero attached hydrogens (tertiary/aromatic N) is 1. The van der Waals surface area contributed by atoms with Crippen LogP contribution in [0.25, 0.3) is 10.6 Å². The molecule has 1 aromatic heterocycles. The number of hydrogen-bond donors (Lipinski definition) is 1. The Bertz CT molecular complexity index is 1240. The molecule has 0 aliphatic carbocycles. The highest BCUT2D eigenvalue weighted by atomic mass is 32.1. The van der Waals surface area contributed by atoms with Crippen LogP contribution in [-0.2, 0) is 23.8 Å². The number of carboxylic acids is 1. The molecule has 9 heteroatoms. The number of aryl methyl sites for hydroxylation is 3. The molecule has 5 nitrogen and oxygen atoms in total. The van der Waals surface area contributed by atoms with Crippen LogP contribution in [0.2, 0.25) is 0 Å². The largest absolute Gasteiger partial charge is 0.482 e. The highest BCUT2D eigenvalue weighted by Gasteiger charge is 2.34. The molecule has 0 aliphatic rings. The van der Waals surface area contributed by atoms with E-state index in [1.54, 1.807) is 31.2 Å². The highest BCUT2D eigenvalue weighted by Crippen LogP contribution is 2.39. The number of unbranched alkanes of at least 4 members (excludes halogenated alkanes) is 3. The third-order valence-corrected chi connectivity index (χ3v) is 7.13. The van der Waals surface area contributed by atoms with Crippen molar-refractivity contribution >= 4 is 23.1 Å². The first kappa shape index (κ1) is 28.4. The fourth-order valence-corrected chi connectivity index (χ4v) is 5.17. The average molecular weight is 534 g/mol. The van der Waals surface area contributed by atoms with E-state index in [1.165, 1.54) is 23.5 Å². The summed E-state index contributed by atoms with van der Waals surface area (Å²) in [6.07, 6.45) is 0.770. The molecule has 1 heterocycles. The number of benzene rings is 2. The number of carbonyl (C=O) groups excluding carboxylic acids is 1.